The van der Waals surface area contributed by atoms with Crippen LogP contribution in [0.25, 0.3) is 0 Å². The number of unbranched alkanes of at least 4 members (excludes halogenated alkanes) is 11. The van der Waals surface area contributed by atoms with Crippen molar-refractivity contribution in [3.63, 3.8) is 0 Å². The zero-order valence-corrected chi connectivity index (χ0v) is 20.6. The van der Waals surface area contributed by atoms with E-state index < -0.39 is 44.6 Å². The van der Waals surface area contributed by atoms with Gasteiger partial charge in [-0.3, -0.25) is 13.9 Å². The SMILES string of the molecule is CCCCCCCC/C=C\CCCCCCCC(=O)C(OP(=O)(O)C(N)CO)[C@@H](O)CO. The van der Waals surface area contributed by atoms with Crippen molar-refractivity contribution in [3.05, 3.63) is 12.2 Å². The number of ketones is 1. The molecule has 6 N–H and O–H groups in total. The summed E-state index contributed by atoms with van der Waals surface area (Å²) < 4.78 is 16.8. The molecule has 0 aromatic carbocycles. The number of aliphatic hydroxyl groups excluding tert-OH is 3. The molecule has 8 nitrogen and oxygen atoms in total. The van der Waals surface area contributed by atoms with Crippen molar-refractivity contribution in [1.82, 2.24) is 0 Å². The zero-order chi connectivity index (χ0) is 24.2. The van der Waals surface area contributed by atoms with Gasteiger partial charge in [0.25, 0.3) is 0 Å². The van der Waals surface area contributed by atoms with Crippen LogP contribution in [0.3, 0.4) is 0 Å². The average molecular weight is 480 g/mol. The fraction of sp³-hybridized carbons (Fsp3) is 0.870. The summed E-state index contributed by atoms with van der Waals surface area (Å²) in [4.78, 5) is 22.1. The first-order valence-corrected chi connectivity index (χ1v) is 13.8. The van der Waals surface area contributed by atoms with Crippen LogP contribution >= 0.6 is 7.60 Å². The number of rotatable bonds is 22. The molecule has 0 amide bonds. The summed E-state index contributed by atoms with van der Waals surface area (Å²) in [6, 6.07) is 0. The Balaban J connectivity index is 3.97. The third-order valence-corrected chi connectivity index (χ3v) is 6.94. The van der Waals surface area contributed by atoms with Crippen molar-refractivity contribution in [2.75, 3.05) is 13.2 Å². The van der Waals surface area contributed by atoms with Crippen LogP contribution in [-0.2, 0) is 13.9 Å². The van der Waals surface area contributed by atoms with Gasteiger partial charge in [0.05, 0.1) is 13.2 Å². The van der Waals surface area contributed by atoms with Crippen molar-refractivity contribution in [2.24, 2.45) is 5.73 Å². The van der Waals surface area contributed by atoms with Crippen molar-refractivity contribution >= 4 is 13.4 Å². The molecule has 0 fully saturated rings. The van der Waals surface area contributed by atoms with Crippen LogP contribution in [0.2, 0.25) is 0 Å². The van der Waals surface area contributed by atoms with Crippen LogP contribution in [0.4, 0.5) is 0 Å². The highest BCUT2D eigenvalue weighted by Gasteiger charge is 2.37. The molecule has 0 saturated heterocycles. The van der Waals surface area contributed by atoms with Crippen molar-refractivity contribution in [1.29, 1.82) is 0 Å². The van der Waals surface area contributed by atoms with Crippen molar-refractivity contribution in [2.45, 2.75) is 115 Å². The monoisotopic (exact) mass is 479 g/mol. The smallest absolute Gasteiger partial charge is 0.347 e. The normalized spacial score (nSPS) is 16.7. The summed E-state index contributed by atoms with van der Waals surface area (Å²) in [5.41, 5.74) is 5.33. The van der Waals surface area contributed by atoms with Crippen LogP contribution in [0, 0.1) is 0 Å². The topological polar surface area (TPSA) is 150 Å². The van der Waals surface area contributed by atoms with Crippen LogP contribution in [-0.4, -0.2) is 57.2 Å². The van der Waals surface area contributed by atoms with Crippen LogP contribution in [0.15, 0.2) is 12.2 Å². The molecular formula is C23H46NO7P. The van der Waals surface area contributed by atoms with Gasteiger partial charge in [-0.1, -0.05) is 70.4 Å². The third kappa shape index (κ3) is 15.3. The van der Waals surface area contributed by atoms with E-state index in [1.54, 1.807) is 0 Å². The first-order chi connectivity index (χ1) is 15.3. The number of Topliss-reactive ketones (excluding diaryl/α,β-unsaturated/α-hetero) is 1. The Labute approximate surface area is 193 Å². The maximum Gasteiger partial charge on any atom is 0.347 e. The summed E-state index contributed by atoms with van der Waals surface area (Å²) >= 11 is 0. The predicted octanol–water partition coefficient (Wildman–Crippen LogP) is 3.79. The summed E-state index contributed by atoms with van der Waals surface area (Å²) in [5, 5.41) is 27.8. The molecule has 9 heteroatoms. The van der Waals surface area contributed by atoms with Crippen LogP contribution < -0.4 is 5.73 Å². The van der Waals surface area contributed by atoms with E-state index in [0.717, 1.165) is 38.5 Å². The third-order valence-electron chi connectivity index (χ3n) is 5.41. The highest BCUT2D eigenvalue weighted by molar-refractivity contribution is 7.53. The molecule has 0 aromatic rings. The summed E-state index contributed by atoms with van der Waals surface area (Å²) in [6.45, 7) is 0.627. The van der Waals surface area contributed by atoms with E-state index in [4.69, 9.17) is 20.5 Å². The number of aliphatic hydroxyl groups is 3. The molecule has 0 aliphatic heterocycles. The van der Waals surface area contributed by atoms with E-state index in [0.29, 0.717) is 6.42 Å². The lowest BCUT2D eigenvalue weighted by molar-refractivity contribution is -0.133. The molecular weight excluding hydrogens is 433 g/mol. The minimum atomic E-state index is -4.51. The Kier molecular flexibility index (Phi) is 19.5. The molecule has 190 valence electrons. The summed E-state index contributed by atoms with van der Waals surface area (Å²) in [7, 11) is -4.51. The van der Waals surface area contributed by atoms with Crippen molar-refractivity contribution in [3.8, 4) is 0 Å². The molecule has 0 aromatic heterocycles. The Morgan fingerprint density at radius 1 is 0.906 bits per heavy atom. The summed E-state index contributed by atoms with van der Waals surface area (Å²) in [6.07, 6.45) is 15.9. The van der Waals surface area contributed by atoms with Gasteiger partial charge < -0.3 is 25.9 Å². The molecule has 0 spiro atoms. The fourth-order valence-electron chi connectivity index (χ4n) is 3.30. The zero-order valence-electron chi connectivity index (χ0n) is 19.7. The number of allylic oxidation sites excluding steroid dienone is 2. The predicted molar refractivity (Wildman–Crippen MR) is 127 cm³/mol. The standard InChI is InChI=1S/C23H46NO7P/c1-2-3-4-5-6-7-8-9-10-11-12-13-14-15-16-17-20(27)23(21(28)18-25)31-32(29,30)22(24)19-26/h9-10,21-23,25-26,28H,2-8,11-19,24H2,1H3,(H,29,30)/b10-9-/t21-,22?,23?/m0/s1. The van der Waals surface area contributed by atoms with Gasteiger partial charge in [-0.15, -0.1) is 0 Å². The molecule has 3 unspecified atom stereocenters. The number of hydrogen-bond donors (Lipinski definition) is 5. The van der Waals surface area contributed by atoms with Gasteiger partial charge in [0.1, 0.15) is 11.9 Å². The maximum atomic E-state index is 12.3. The lowest BCUT2D eigenvalue weighted by atomic mass is 10.0. The minimum absolute atomic E-state index is 0.0637. The molecule has 0 radical (unpaired) electrons. The maximum absolute atomic E-state index is 12.3. The Morgan fingerprint density at radius 2 is 1.41 bits per heavy atom. The van der Waals surface area contributed by atoms with Crippen LogP contribution in [0.5, 0.6) is 0 Å². The Bertz CT molecular complexity index is 544. The van der Waals surface area contributed by atoms with Gasteiger partial charge in [0.2, 0.25) is 0 Å². The quantitative estimate of drug-likeness (QED) is 0.0894. The van der Waals surface area contributed by atoms with Gasteiger partial charge in [0, 0.05) is 6.42 Å². The van der Waals surface area contributed by atoms with E-state index in [9.17, 15) is 19.4 Å². The lowest BCUT2D eigenvalue weighted by Crippen LogP contribution is -2.40. The van der Waals surface area contributed by atoms with E-state index in [1.807, 2.05) is 0 Å². The van der Waals surface area contributed by atoms with Gasteiger partial charge in [0.15, 0.2) is 11.9 Å². The largest absolute Gasteiger partial charge is 0.394 e. The van der Waals surface area contributed by atoms with Gasteiger partial charge in [-0.25, -0.2) is 0 Å². The molecule has 32 heavy (non-hydrogen) atoms. The number of carbonyl (C=O) groups excluding carboxylic acids is 1. The van der Waals surface area contributed by atoms with Crippen LogP contribution in [0.1, 0.15) is 96.8 Å². The second-order valence-electron chi connectivity index (χ2n) is 8.39. The number of carbonyl (C=O) groups is 1. The van der Waals surface area contributed by atoms with Gasteiger partial charge >= 0.3 is 7.60 Å². The second-order valence-corrected chi connectivity index (χ2v) is 10.4. The second kappa shape index (κ2) is 19.8. The molecule has 0 rings (SSSR count). The van der Waals surface area contributed by atoms with E-state index in [2.05, 4.69) is 19.1 Å². The lowest BCUT2D eigenvalue weighted by Gasteiger charge is -2.25. The van der Waals surface area contributed by atoms with Gasteiger partial charge in [-0.05, 0) is 32.1 Å². The highest BCUT2D eigenvalue weighted by Crippen LogP contribution is 2.46. The molecule has 4 atom stereocenters. The fourth-order valence-corrected chi connectivity index (χ4v) is 4.24. The average Bonchev–Trinajstić information content (AvgIpc) is 2.78. The Hall–Kier alpha value is -0.600. The number of hydrogen-bond acceptors (Lipinski definition) is 7. The molecule has 0 aliphatic carbocycles. The summed E-state index contributed by atoms with van der Waals surface area (Å²) in [5.74, 6) is -2.15. The van der Waals surface area contributed by atoms with Gasteiger partial charge in [-0.2, -0.15) is 0 Å². The Morgan fingerprint density at radius 3 is 1.91 bits per heavy atom. The molecule has 0 heterocycles. The molecule has 0 bridgehead atoms. The van der Waals surface area contributed by atoms with E-state index in [-0.39, 0.29) is 6.42 Å². The first kappa shape index (κ1) is 31.4. The molecule has 0 aliphatic rings. The van der Waals surface area contributed by atoms with E-state index in [1.165, 1.54) is 38.5 Å². The highest BCUT2D eigenvalue weighted by atomic mass is 31.2. The first-order valence-electron chi connectivity index (χ1n) is 12.1. The number of nitrogens with two attached hydrogens (primary N) is 1. The minimum Gasteiger partial charge on any atom is -0.394 e. The molecule has 0 saturated carbocycles. The van der Waals surface area contributed by atoms with Crippen molar-refractivity contribution < 1.29 is 34.1 Å². The van der Waals surface area contributed by atoms with E-state index >= 15 is 0 Å².